The summed E-state index contributed by atoms with van der Waals surface area (Å²) >= 11 is 6.53. The fourth-order valence-corrected chi connectivity index (χ4v) is 3.90. The van der Waals surface area contributed by atoms with Crippen LogP contribution < -0.4 is 16.0 Å². The molecule has 2 fully saturated rings. The number of nitrogens with zero attached hydrogens (tertiary/aromatic N) is 1. The lowest BCUT2D eigenvalue weighted by Gasteiger charge is -2.33. The molecule has 6 nitrogen and oxygen atoms in total. The molecule has 2 unspecified atom stereocenters. The summed E-state index contributed by atoms with van der Waals surface area (Å²) in [5, 5.41) is 8.99. The summed E-state index contributed by atoms with van der Waals surface area (Å²) in [6, 6.07) is 6.19. The highest BCUT2D eigenvalue weighted by molar-refractivity contribution is 6.32. The van der Waals surface area contributed by atoms with Crippen molar-refractivity contribution in [2.75, 3.05) is 0 Å². The Balaban J connectivity index is 1.53. The predicted molar refractivity (Wildman–Crippen MR) is 123 cm³/mol. The molecule has 3 N–H and O–H groups in total. The summed E-state index contributed by atoms with van der Waals surface area (Å²) in [5.74, 6) is 5.66. The number of hydrogen-bond acceptors (Lipinski definition) is 4. The Kier molecular flexibility index (Phi) is 6.96. The van der Waals surface area contributed by atoms with Gasteiger partial charge in [0.25, 0.3) is 0 Å². The molecule has 0 radical (unpaired) electrons. The van der Waals surface area contributed by atoms with Crippen molar-refractivity contribution in [3.63, 3.8) is 0 Å². The van der Waals surface area contributed by atoms with E-state index in [4.69, 9.17) is 11.6 Å². The number of pyridine rings is 1. The van der Waals surface area contributed by atoms with Crippen molar-refractivity contribution < 1.29 is 14.0 Å². The monoisotopic (exact) mass is 468 g/mol. The van der Waals surface area contributed by atoms with Crippen molar-refractivity contribution in [3.8, 4) is 11.8 Å². The van der Waals surface area contributed by atoms with Gasteiger partial charge in [0.15, 0.2) is 0 Å². The highest BCUT2D eigenvalue weighted by Gasteiger charge is 2.31. The van der Waals surface area contributed by atoms with E-state index in [1.165, 1.54) is 12.1 Å². The predicted octanol–water partition coefficient (Wildman–Crippen LogP) is 3.76. The molecule has 2 aromatic rings. The molecule has 1 aliphatic heterocycles. The van der Waals surface area contributed by atoms with E-state index < -0.39 is 12.0 Å². The molecule has 2 aliphatic rings. The molecule has 8 heteroatoms. The molecular weight excluding hydrogens is 443 g/mol. The van der Waals surface area contributed by atoms with Crippen molar-refractivity contribution >= 4 is 23.4 Å². The molecule has 1 aliphatic carbocycles. The first kappa shape index (κ1) is 23.2. The van der Waals surface area contributed by atoms with Crippen molar-refractivity contribution in [2.45, 2.75) is 51.9 Å². The number of amides is 2. The molecular formula is C25H26ClFN4O2. The number of halogens is 2. The summed E-state index contributed by atoms with van der Waals surface area (Å²) in [7, 11) is 0. The van der Waals surface area contributed by atoms with Crippen LogP contribution in [-0.2, 0) is 16.1 Å². The van der Waals surface area contributed by atoms with E-state index in [-0.39, 0.29) is 47.3 Å². The zero-order valence-corrected chi connectivity index (χ0v) is 19.3. The van der Waals surface area contributed by atoms with Crippen molar-refractivity contribution in [1.82, 2.24) is 20.9 Å². The summed E-state index contributed by atoms with van der Waals surface area (Å²) in [4.78, 5) is 28.8. The van der Waals surface area contributed by atoms with Gasteiger partial charge < -0.3 is 10.6 Å². The Bertz CT molecular complexity index is 1120. The van der Waals surface area contributed by atoms with E-state index in [9.17, 15) is 14.0 Å². The van der Waals surface area contributed by atoms with Crippen LogP contribution in [0.25, 0.3) is 0 Å². The van der Waals surface area contributed by atoms with Gasteiger partial charge in [-0.15, -0.1) is 0 Å². The molecule has 172 valence electrons. The number of carbonyl (C=O) groups is 2. The Labute approximate surface area is 197 Å². The highest BCUT2D eigenvalue weighted by atomic mass is 35.5. The van der Waals surface area contributed by atoms with Crippen LogP contribution in [0.5, 0.6) is 0 Å². The third-order valence-electron chi connectivity index (χ3n) is 5.71. The van der Waals surface area contributed by atoms with Gasteiger partial charge in [0, 0.05) is 42.6 Å². The minimum atomic E-state index is -0.821. The standard InChI is InChI=1S/C25H26ClFN4O2/c1-14(2)25(33)29-13-17-7-10-19(27)22(23(17)26)24-30-20(11-21(32)31-24)16-6-9-18(28-12-16)8-5-15-3-4-15/h6-7,9-10,12,14-15,20,24,30H,3-4,11,13H2,1-2H3,(H,29,33)(H,31,32). The molecule has 1 aromatic heterocycles. The number of rotatable bonds is 5. The van der Waals surface area contributed by atoms with Crippen LogP contribution >= 0.6 is 11.6 Å². The van der Waals surface area contributed by atoms with Crippen LogP contribution in [0, 0.1) is 29.5 Å². The quantitative estimate of drug-likeness (QED) is 0.583. The van der Waals surface area contributed by atoms with Crippen LogP contribution in [0.1, 0.15) is 67.7 Å². The number of carbonyl (C=O) groups excluding carboxylic acids is 2. The summed E-state index contributed by atoms with van der Waals surface area (Å²) in [5.41, 5.74) is 2.21. The molecule has 0 spiro atoms. The van der Waals surface area contributed by atoms with Gasteiger partial charge in [-0.2, -0.15) is 0 Å². The Hall–Kier alpha value is -2.95. The minimum Gasteiger partial charge on any atom is -0.352 e. The second-order valence-corrected chi connectivity index (χ2v) is 9.13. The Morgan fingerprint density at radius 1 is 1.30 bits per heavy atom. The zero-order chi connectivity index (χ0) is 23.5. The molecule has 0 bridgehead atoms. The van der Waals surface area contributed by atoms with Crippen LogP contribution in [0.4, 0.5) is 4.39 Å². The van der Waals surface area contributed by atoms with E-state index in [1.54, 1.807) is 20.0 Å². The first-order chi connectivity index (χ1) is 15.8. The van der Waals surface area contributed by atoms with E-state index in [1.807, 2.05) is 12.1 Å². The molecule has 1 saturated heterocycles. The number of aromatic nitrogens is 1. The van der Waals surface area contributed by atoms with E-state index >= 15 is 0 Å². The van der Waals surface area contributed by atoms with Gasteiger partial charge in [0.2, 0.25) is 11.8 Å². The lowest BCUT2D eigenvalue weighted by molar-refractivity contribution is -0.125. The smallest absolute Gasteiger partial charge is 0.223 e. The fraction of sp³-hybridized carbons (Fsp3) is 0.400. The Morgan fingerprint density at radius 2 is 2.09 bits per heavy atom. The molecule has 2 heterocycles. The summed E-state index contributed by atoms with van der Waals surface area (Å²) < 4.78 is 14.8. The molecule has 1 aromatic carbocycles. The van der Waals surface area contributed by atoms with E-state index in [2.05, 4.69) is 32.8 Å². The minimum absolute atomic E-state index is 0.126. The zero-order valence-electron chi connectivity index (χ0n) is 18.5. The summed E-state index contributed by atoms with van der Waals surface area (Å²) in [6.07, 6.45) is 3.36. The molecule has 1 saturated carbocycles. The summed E-state index contributed by atoms with van der Waals surface area (Å²) in [6.45, 7) is 3.74. The fourth-order valence-electron chi connectivity index (χ4n) is 3.57. The van der Waals surface area contributed by atoms with Crippen molar-refractivity contribution in [3.05, 3.63) is 63.7 Å². The van der Waals surface area contributed by atoms with Crippen molar-refractivity contribution in [1.29, 1.82) is 0 Å². The molecule has 2 amide bonds. The van der Waals surface area contributed by atoms with Gasteiger partial charge >= 0.3 is 0 Å². The van der Waals surface area contributed by atoms with Crippen LogP contribution in [-0.4, -0.2) is 16.8 Å². The lowest BCUT2D eigenvalue weighted by atomic mass is 9.99. The van der Waals surface area contributed by atoms with Gasteiger partial charge in [0.1, 0.15) is 17.7 Å². The molecule has 2 atom stereocenters. The average Bonchev–Trinajstić information content (AvgIpc) is 3.61. The van der Waals surface area contributed by atoms with Crippen LogP contribution in [0.2, 0.25) is 5.02 Å². The first-order valence-corrected chi connectivity index (χ1v) is 11.5. The SMILES string of the molecule is CC(C)C(=O)NCc1ccc(F)c(C2NC(=O)CC(c3ccc(C#CC4CC4)nc3)N2)c1Cl. The lowest BCUT2D eigenvalue weighted by Crippen LogP contribution is -2.47. The topological polar surface area (TPSA) is 83.1 Å². The van der Waals surface area contributed by atoms with E-state index in [0.717, 1.165) is 18.4 Å². The molecule has 4 rings (SSSR count). The van der Waals surface area contributed by atoms with Crippen LogP contribution in [0.3, 0.4) is 0 Å². The van der Waals surface area contributed by atoms with Crippen molar-refractivity contribution in [2.24, 2.45) is 11.8 Å². The maximum absolute atomic E-state index is 14.8. The third-order valence-corrected chi connectivity index (χ3v) is 6.15. The third kappa shape index (κ3) is 5.70. The largest absolute Gasteiger partial charge is 0.352 e. The molecule has 33 heavy (non-hydrogen) atoms. The van der Waals surface area contributed by atoms with Gasteiger partial charge in [-0.1, -0.05) is 43.5 Å². The maximum atomic E-state index is 14.8. The second kappa shape index (κ2) is 9.90. The maximum Gasteiger partial charge on any atom is 0.223 e. The normalized spacial score (nSPS) is 20.1. The van der Waals surface area contributed by atoms with Gasteiger partial charge in [0.05, 0.1) is 5.02 Å². The highest BCUT2D eigenvalue weighted by Crippen LogP contribution is 2.33. The average molecular weight is 469 g/mol. The number of hydrogen-bond donors (Lipinski definition) is 3. The van der Waals surface area contributed by atoms with E-state index in [0.29, 0.717) is 17.2 Å². The van der Waals surface area contributed by atoms with Gasteiger partial charge in [-0.05, 0) is 42.0 Å². The number of nitrogens with one attached hydrogen (secondary N) is 3. The first-order valence-electron chi connectivity index (χ1n) is 11.1. The van der Waals surface area contributed by atoms with Crippen LogP contribution in [0.15, 0.2) is 30.5 Å². The van der Waals surface area contributed by atoms with Gasteiger partial charge in [-0.3, -0.25) is 14.9 Å². The second-order valence-electron chi connectivity index (χ2n) is 8.75. The Morgan fingerprint density at radius 3 is 2.76 bits per heavy atom. The number of benzene rings is 1. The van der Waals surface area contributed by atoms with Gasteiger partial charge in [-0.25, -0.2) is 9.37 Å².